The molecule has 0 saturated carbocycles. The third kappa shape index (κ3) is 3.46. The minimum Gasteiger partial charge on any atom is -0.506 e. The Morgan fingerprint density at radius 1 is 1.13 bits per heavy atom. The molecule has 1 aromatic heterocycles. The van der Waals surface area contributed by atoms with Crippen molar-refractivity contribution in [2.24, 2.45) is 5.10 Å². The van der Waals surface area contributed by atoms with E-state index in [4.69, 9.17) is 5.73 Å². The predicted octanol–water partition coefficient (Wildman–Crippen LogP) is 4.25. The Kier molecular flexibility index (Phi) is 4.49. The summed E-state index contributed by atoms with van der Waals surface area (Å²) < 4.78 is 2.67. The largest absolute Gasteiger partial charge is 0.506 e. The molecule has 0 radical (unpaired) electrons. The minimum atomic E-state index is 0.149. The Hall–Kier alpha value is -2.12. The molecule has 116 valence electrons. The monoisotopic (exact) mass is 434 g/mol. The number of phenols is 1. The van der Waals surface area contributed by atoms with Gasteiger partial charge in [-0.15, -0.1) is 0 Å². The second kappa shape index (κ2) is 6.55. The third-order valence-electron chi connectivity index (χ3n) is 3.15. The van der Waals surface area contributed by atoms with Crippen molar-refractivity contribution in [3.8, 4) is 17.0 Å². The Bertz CT molecular complexity index is 852. The lowest BCUT2D eigenvalue weighted by atomic mass is 10.2. The lowest BCUT2D eigenvalue weighted by Crippen LogP contribution is -1.97. The molecule has 0 amide bonds. The molecule has 0 aliphatic heterocycles. The Balaban J connectivity index is 1.90. The molecule has 3 rings (SSSR count). The molecule has 0 spiro atoms. The fourth-order valence-electron chi connectivity index (χ4n) is 2.01. The second-order valence-electron chi connectivity index (χ2n) is 4.77. The maximum Gasteiger partial charge on any atom is 0.221 e. The minimum absolute atomic E-state index is 0.149. The zero-order valence-corrected chi connectivity index (χ0v) is 15.0. The van der Waals surface area contributed by atoms with E-state index in [-0.39, 0.29) is 5.75 Å². The van der Waals surface area contributed by atoms with E-state index in [9.17, 15) is 5.11 Å². The summed E-state index contributed by atoms with van der Waals surface area (Å²) in [5.74, 6) is 0.452. The fourth-order valence-corrected chi connectivity index (χ4v) is 3.24. The number of nitrogen functional groups attached to an aromatic ring is 1. The smallest absolute Gasteiger partial charge is 0.221 e. The zero-order valence-electron chi connectivity index (χ0n) is 11.8. The first kappa shape index (κ1) is 15.8. The highest BCUT2D eigenvalue weighted by atomic mass is 79.9. The van der Waals surface area contributed by atoms with E-state index < -0.39 is 0 Å². The maximum absolute atomic E-state index is 9.72. The summed E-state index contributed by atoms with van der Waals surface area (Å²) in [5, 5.41) is 14.0. The first-order chi connectivity index (χ1) is 11.0. The fraction of sp³-hybridized carbons (Fsp3) is 0. The summed E-state index contributed by atoms with van der Waals surface area (Å²) in [6.07, 6.45) is 3.41. The van der Waals surface area contributed by atoms with Crippen molar-refractivity contribution in [3.05, 3.63) is 63.2 Å². The van der Waals surface area contributed by atoms with Crippen LogP contribution in [0.2, 0.25) is 0 Å². The van der Waals surface area contributed by atoms with Gasteiger partial charge in [0.25, 0.3) is 0 Å². The van der Waals surface area contributed by atoms with Crippen LogP contribution in [0.25, 0.3) is 11.3 Å². The van der Waals surface area contributed by atoms with Gasteiger partial charge in [-0.2, -0.15) is 5.10 Å². The van der Waals surface area contributed by atoms with Crippen molar-refractivity contribution in [2.75, 3.05) is 5.73 Å². The van der Waals surface area contributed by atoms with E-state index in [0.29, 0.717) is 14.9 Å². The molecule has 5 nitrogen and oxygen atoms in total. The van der Waals surface area contributed by atoms with Gasteiger partial charge in [0.15, 0.2) is 0 Å². The standard InChI is InChI=1S/C16H12Br2N4O/c17-12-6-10(7-13(18)15(12)23)8-20-22-9-14(21-16(22)19)11-4-2-1-3-5-11/h1-9,23H,(H2,19,21). The summed E-state index contributed by atoms with van der Waals surface area (Å²) in [6.45, 7) is 0. The third-order valence-corrected chi connectivity index (χ3v) is 4.36. The zero-order chi connectivity index (χ0) is 16.4. The molecule has 0 aliphatic rings. The van der Waals surface area contributed by atoms with Gasteiger partial charge in [0, 0.05) is 5.56 Å². The van der Waals surface area contributed by atoms with E-state index in [2.05, 4.69) is 41.9 Å². The molecular formula is C16H12Br2N4O. The number of halogens is 2. The Labute approximate surface area is 149 Å². The van der Waals surface area contributed by atoms with Crippen LogP contribution in [0.5, 0.6) is 5.75 Å². The number of imidazole rings is 1. The van der Waals surface area contributed by atoms with Crippen LogP contribution >= 0.6 is 31.9 Å². The predicted molar refractivity (Wildman–Crippen MR) is 98.6 cm³/mol. The molecule has 0 saturated heterocycles. The van der Waals surface area contributed by atoms with Gasteiger partial charge in [0.1, 0.15) is 5.75 Å². The summed E-state index contributed by atoms with van der Waals surface area (Å²) in [7, 11) is 0. The van der Waals surface area contributed by atoms with Crippen molar-refractivity contribution < 1.29 is 5.11 Å². The van der Waals surface area contributed by atoms with Crippen molar-refractivity contribution in [1.82, 2.24) is 9.66 Å². The average Bonchev–Trinajstić information content (AvgIpc) is 2.92. The average molecular weight is 436 g/mol. The van der Waals surface area contributed by atoms with Gasteiger partial charge in [-0.25, -0.2) is 9.66 Å². The number of hydrogen-bond acceptors (Lipinski definition) is 4. The first-order valence-electron chi connectivity index (χ1n) is 6.67. The van der Waals surface area contributed by atoms with Crippen LogP contribution < -0.4 is 5.73 Å². The molecule has 1 heterocycles. The molecule has 0 bridgehead atoms. The SMILES string of the molecule is Nc1nc(-c2ccccc2)cn1N=Cc1cc(Br)c(O)c(Br)c1. The number of nitrogens with zero attached hydrogens (tertiary/aromatic N) is 3. The first-order valence-corrected chi connectivity index (χ1v) is 8.26. The number of aromatic hydroxyl groups is 1. The van der Waals surface area contributed by atoms with Crippen LogP contribution in [-0.2, 0) is 0 Å². The van der Waals surface area contributed by atoms with Crippen molar-refractivity contribution in [3.63, 3.8) is 0 Å². The van der Waals surface area contributed by atoms with E-state index in [0.717, 1.165) is 16.8 Å². The van der Waals surface area contributed by atoms with Crippen molar-refractivity contribution >= 4 is 44.0 Å². The summed E-state index contributed by atoms with van der Waals surface area (Å²) in [5.41, 5.74) is 8.44. The molecule has 7 heteroatoms. The summed E-state index contributed by atoms with van der Waals surface area (Å²) in [6, 6.07) is 13.3. The van der Waals surface area contributed by atoms with E-state index >= 15 is 0 Å². The quantitative estimate of drug-likeness (QED) is 0.604. The van der Waals surface area contributed by atoms with Crippen molar-refractivity contribution in [1.29, 1.82) is 0 Å². The molecule has 0 fully saturated rings. The van der Waals surface area contributed by atoms with Gasteiger partial charge in [-0.3, -0.25) is 0 Å². The number of hydrogen-bond donors (Lipinski definition) is 2. The molecule has 0 atom stereocenters. The number of rotatable bonds is 3. The number of anilines is 1. The number of nitrogens with two attached hydrogens (primary N) is 1. The Morgan fingerprint density at radius 3 is 2.43 bits per heavy atom. The van der Waals surface area contributed by atoms with Crippen LogP contribution in [0, 0.1) is 0 Å². The molecule has 2 aromatic carbocycles. The summed E-state index contributed by atoms with van der Waals surface area (Å²) >= 11 is 6.57. The molecule has 0 aliphatic carbocycles. The van der Waals surface area contributed by atoms with Gasteiger partial charge < -0.3 is 10.8 Å². The topological polar surface area (TPSA) is 76.4 Å². The van der Waals surface area contributed by atoms with Crippen LogP contribution in [0.3, 0.4) is 0 Å². The molecule has 23 heavy (non-hydrogen) atoms. The Morgan fingerprint density at radius 2 is 1.78 bits per heavy atom. The number of aromatic nitrogens is 2. The highest BCUT2D eigenvalue weighted by Crippen LogP contribution is 2.32. The van der Waals surface area contributed by atoms with Crippen LogP contribution in [-0.4, -0.2) is 21.0 Å². The molecular weight excluding hydrogens is 424 g/mol. The van der Waals surface area contributed by atoms with Crippen molar-refractivity contribution in [2.45, 2.75) is 0 Å². The molecule has 0 unspecified atom stereocenters. The van der Waals surface area contributed by atoms with E-state index in [1.165, 1.54) is 4.68 Å². The van der Waals surface area contributed by atoms with Crippen LogP contribution in [0.15, 0.2) is 62.7 Å². The number of benzene rings is 2. The van der Waals surface area contributed by atoms with E-state index in [1.807, 2.05) is 30.3 Å². The van der Waals surface area contributed by atoms with Crippen LogP contribution in [0.1, 0.15) is 5.56 Å². The number of phenolic OH excluding ortho intramolecular Hbond substituents is 1. The van der Waals surface area contributed by atoms with Gasteiger partial charge in [-0.1, -0.05) is 30.3 Å². The van der Waals surface area contributed by atoms with Gasteiger partial charge in [0.05, 0.1) is 27.1 Å². The van der Waals surface area contributed by atoms with Gasteiger partial charge >= 0.3 is 0 Å². The van der Waals surface area contributed by atoms with Crippen LogP contribution in [0.4, 0.5) is 5.95 Å². The highest BCUT2D eigenvalue weighted by Gasteiger charge is 2.07. The lowest BCUT2D eigenvalue weighted by Gasteiger charge is -2.02. The van der Waals surface area contributed by atoms with E-state index in [1.54, 1.807) is 24.5 Å². The van der Waals surface area contributed by atoms with Gasteiger partial charge in [0.2, 0.25) is 5.95 Å². The normalized spacial score (nSPS) is 11.2. The highest BCUT2D eigenvalue weighted by molar-refractivity contribution is 9.11. The van der Waals surface area contributed by atoms with Gasteiger partial charge in [-0.05, 0) is 49.6 Å². The summed E-state index contributed by atoms with van der Waals surface area (Å²) in [4.78, 5) is 4.31. The maximum atomic E-state index is 9.72. The second-order valence-corrected chi connectivity index (χ2v) is 6.48. The molecule has 3 N–H and O–H groups in total. The molecule has 3 aromatic rings. The lowest BCUT2D eigenvalue weighted by molar-refractivity contribution is 0.468.